The lowest BCUT2D eigenvalue weighted by Crippen LogP contribution is -2.38. The Morgan fingerprint density at radius 1 is 1.39 bits per heavy atom. The Morgan fingerprint density at radius 2 is 2.30 bits per heavy atom. The van der Waals surface area contributed by atoms with Crippen molar-refractivity contribution >= 4 is 17.4 Å². The molecular weight excluding hydrogens is 294 g/mol. The predicted octanol–water partition coefficient (Wildman–Crippen LogP) is 1.17. The third-order valence-electron chi connectivity index (χ3n) is 4.80. The molecule has 1 amide bonds. The highest BCUT2D eigenvalue weighted by molar-refractivity contribution is 5.80. The van der Waals surface area contributed by atoms with Crippen molar-refractivity contribution in [1.29, 1.82) is 0 Å². The van der Waals surface area contributed by atoms with E-state index < -0.39 is 0 Å². The van der Waals surface area contributed by atoms with Crippen molar-refractivity contribution in [2.24, 2.45) is 5.92 Å². The minimum absolute atomic E-state index is 0.0224. The lowest BCUT2D eigenvalue weighted by molar-refractivity contribution is -0.135. The third-order valence-corrected chi connectivity index (χ3v) is 4.80. The average Bonchev–Trinajstić information content (AvgIpc) is 3.26. The summed E-state index contributed by atoms with van der Waals surface area (Å²) in [6.45, 7) is 4.21. The van der Waals surface area contributed by atoms with Gasteiger partial charge < -0.3 is 15.0 Å². The molecule has 7 nitrogen and oxygen atoms in total. The van der Waals surface area contributed by atoms with Crippen LogP contribution in [0.4, 0.5) is 5.82 Å². The first-order valence-electron chi connectivity index (χ1n) is 8.18. The summed E-state index contributed by atoms with van der Waals surface area (Å²) in [7, 11) is 0. The molecule has 1 N–H and O–H groups in total. The number of hydrogen-bond acceptors (Lipinski definition) is 5. The summed E-state index contributed by atoms with van der Waals surface area (Å²) in [4.78, 5) is 18.7. The summed E-state index contributed by atoms with van der Waals surface area (Å²) >= 11 is 0. The number of nitrogens with one attached hydrogen (secondary N) is 1. The number of fused-ring (bicyclic) bond motifs is 1. The fourth-order valence-corrected chi connectivity index (χ4v) is 3.47. The molecule has 2 saturated heterocycles. The Hall–Kier alpha value is -2.15. The normalized spacial score (nSPS) is 27.7. The van der Waals surface area contributed by atoms with Gasteiger partial charge in [-0.3, -0.25) is 4.79 Å². The predicted molar refractivity (Wildman–Crippen MR) is 85.1 cm³/mol. The first-order valence-corrected chi connectivity index (χ1v) is 8.18. The van der Waals surface area contributed by atoms with Crippen molar-refractivity contribution in [3.63, 3.8) is 0 Å². The number of hydrogen-bond donors (Lipinski definition) is 1. The van der Waals surface area contributed by atoms with Crippen LogP contribution in [0.2, 0.25) is 0 Å². The van der Waals surface area contributed by atoms with Gasteiger partial charge in [0.2, 0.25) is 5.91 Å². The van der Waals surface area contributed by atoms with E-state index in [0.29, 0.717) is 6.61 Å². The summed E-state index contributed by atoms with van der Waals surface area (Å²) in [5.41, 5.74) is 0.828. The number of anilines is 1. The van der Waals surface area contributed by atoms with E-state index in [2.05, 4.69) is 15.4 Å². The summed E-state index contributed by atoms with van der Waals surface area (Å²) in [6, 6.07) is 4.11. The Labute approximate surface area is 134 Å². The molecule has 0 unspecified atom stereocenters. The van der Waals surface area contributed by atoms with Crippen LogP contribution in [0.15, 0.2) is 24.5 Å². The van der Waals surface area contributed by atoms with Crippen LogP contribution in [0.1, 0.15) is 19.8 Å². The molecule has 23 heavy (non-hydrogen) atoms. The summed E-state index contributed by atoms with van der Waals surface area (Å²) < 4.78 is 7.27. The first-order chi connectivity index (χ1) is 11.2. The Morgan fingerprint density at radius 3 is 3.13 bits per heavy atom. The lowest BCUT2D eigenvalue weighted by atomic mass is 10.0. The smallest absolute Gasteiger partial charge is 0.228 e. The molecule has 0 spiro atoms. The molecule has 3 atom stereocenters. The Bertz CT molecular complexity index is 715. The van der Waals surface area contributed by atoms with Crippen molar-refractivity contribution in [3.8, 4) is 0 Å². The van der Waals surface area contributed by atoms with Gasteiger partial charge in [-0.15, -0.1) is 5.10 Å². The topological polar surface area (TPSA) is 71.8 Å². The maximum absolute atomic E-state index is 12.6. The van der Waals surface area contributed by atoms with Gasteiger partial charge in [0.25, 0.3) is 0 Å². The molecule has 0 saturated carbocycles. The molecule has 4 heterocycles. The van der Waals surface area contributed by atoms with Crippen LogP contribution in [-0.2, 0) is 9.53 Å². The van der Waals surface area contributed by atoms with E-state index in [0.717, 1.165) is 37.4 Å². The minimum Gasteiger partial charge on any atom is -0.378 e. The molecule has 0 aromatic carbocycles. The van der Waals surface area contributed by atoms with E-state index in [1.165, 1.54) is 0 Å². The molecule has 2 aromatic heterocycles. The molecule has 7 heteroatoms. The van der Waals surface area contributed by atoms with Gasteiger partial charge >= 0.3 is 0 Å². The van der Waals surface area contributed by atoms with Crippen LogP contribution in [-0.4, -0.2) is 57.2 Å². The second-order valence-corrected chi connectivity index (χ2v) is 6.33. The maximum Gasteiger partial charge on any atom is 0.228 e. The van der Waals surface area contributed by atoms with E-state index in [1.54, 1.807) is 10.7 Å². The van der Waals surface area contributed by atoms with Crippen molar-refractivity contribution < 1.29 is 9.53 Å². The minimum atomic E-state index is 0.0224. The van der Waals surface area contributed by atoms with Crippen molar-refractivity contribution in [2.75, 3.05) is 25.0 Å². The van der Waals surface area contributed by atoms with Gasteiger partial charge in [0.15, 0.2) is 5.65 Å². The van der Waals surface area contributed by atoms with Gasteiger partial charge in [-0.2, -0.15) is 0 Å². The highest BCUT2D eigenvalue weighted by atomic mass is 16.5. The number of nitrogens with zero attached hydrogens (tertiary/aromatic N) is 4. The highest BCUT2D eigenvalue weighted by Crippen LogP contribution is 2.25. The summed E-state index contributed by atoms with van der Waals surface area (Å²) in [6.07, 6.45) is 5.38. The monoisotopic (exact) mass is 315 g/mol. The van der Waals surface area contributed by atoms with E-state index in [9.17, 15) is 4.79 Å². The van der Waals surface area contributed by atoms with Crippen LogP contribution in [0.25, 0.3) is 5.65 Å². The molecule has 2 aromatic rings. The van der Waals surface area contributed by atoms with Crippen LogP contribution >= 0.6 is 0 Å². The van der Waals surface area contributed by atoms with Gasteiger partial charge in [0.05, 0.1) is 12.0 Å². The molecule has 2 aliphatic rings. The number of rotatable bonds is 3. The second kappa shape index (κ2) is 5.81. The van der Waals surface area contributed by atoms with E-state index in [-0.39, 0.29) is 24.0 Å². The number of imidazole rings is 1. The molecule has 2 aliphatic heterocycles. The third kappa shape index (κ3) is 2.76. The number of aromatic nitrogens is 3. The number of carbonyl (C=O) groups is 1. The van der Waals surface area contributed by atoms with Crippen molar-refractivity contribution in [3.05, 3.63) is 24.5 Å². The summed E-state index contributed by atoms with van der Waals surface area (Å²) in [5, 5.41) is 7.90. The summed E-state index contributed by atoms with van der Waals surface area (Å²) in [5.74, 6) is 1.07. The van der Waals surface area contributed by atoms with E-state index in [4.69, 9.17) is 4.74 Å². The van der Waals surface area contributed by atoms with Crippen molar-refractivity contribution in [1.82, 2.24) is 19.5 Å². The first kappa shape index (κ1) is 14.4. The molecule has 0 aliphatic carbocycles. The highest BCUT2D eigenvalue weighted by Gasteiger charge is 2.36. The number of amides is 1. The average molecular weight is 315 g/mol. The zero-order valence-corrected chi connectivity index (χ0v) is 13.2. The fraction of sp³-hybridized carbons (Fsp3) is 0.562. The fourth-order valence-electron chi connectivity index (χ4n) is 3.47. The van der Waals surface area contributed by atoms with Crippen LogP contribution < -0.4 is 5.32 Å². The van der Waals surface area contributed by atoms with Crippen LogP contribution in [0.3, 0.4) is 0 Å². The molecular formula is C16H21N5O2. The second-order valence-electron chi connectivity index (χ2n) is 6.33. The number of carbonyl (C=O) groups excluding carboxylic acids is 1. The maximum atomic E-state index is 12.6. The molecule has 0 radical (unpaired) electrons. The van der Waals surface area contributed by atoms with Crippen LogP contribution in [0, 0.1) is 5.92 Å². The Balaban J connectivity index is 1.39. The van der Waals surface area contributed by atoms with Gasteiger partial charge in [-0.25, -0.2) is 9.50 Å². The van der Waals surface area contributed by atoms with Gasteiger partial charge in [-0.1, -0.05) is 0 Å². The van der Waals surface area contributed by atoms with Gasteiger partial charge in [0, 0.05) is 38.1 Å². The zero-order valence-electron chi connectivity index (χ0n) is 13.2. The van der Waals surface area contributed by atoms with Gasteiger partial charge in [0.1, 0.15) is 5.82 Å². The molecule has 2 fully saturated rings. The Kier molecular flexibility index (Phi) is 3.65. The molecule has 122 valence electrons. The van der Waals surface area contributed by atoms with Crippen molar-refractivity contribution in [2.45, 2.75) is 31.9 Å². The van der Waals surface area contributed by atoms with E-state index in [1.807, 2.05) is 30.2 Å². The number of likely N-dealkylation sites (tertiary alicyclic amines) is 1. The number of ether oxygens (including phenoxy) is 1. The SMILES string of the molecule is C[C@@H]1OCC[C@@H]1C(=O)N1CC[C@@H](Nc2ccc3nccn3n2)C1. The van der Waals surface area contributed by atoms with E-state index >= 15 is 0 Å². The quantitative estimate of drug-likeness (QED) is 0.920. The molecule has 4 rings (SSSR count). The molecule has 0 bridgehead atoms. The lowest BCUT2D eigenvalue weighted by Gasteiger charge is -2.22. The van der Waals surface area contributed by atoms with Crippen LogP contribution in [0.5, 0.6) is 0 Å². The van der Waals surface area contributed by atoms with Gasteiger partial charge in [-0.05, 0) is 31.9 Å². The zero-order chi connectivity index (χ0) is 15.8. The standard InChI is InChI=1S/C16H21N5O2/c1-11-13(5-9-23-11)16(22)20-7-4-12(10-20)18-14-2-3-15-17-6-8-21(15)19-14/h2-3,6,8,11-13H,4-5,7,9-10H2,1H3,(H,18,19)/t11-,12+,13-/m0/s1. The largest absolute Gasteiger partial charge is 0.378 e.